The van der Waals surface area contributed by atoms with Crippen molar-refractivity contribution in [3.63, 3.8) is 0 Å². The number of carbonyl (C=O) groups excluding carboxylic acids is 1. The molecule has 1 saturated carbocycles. The summed E-state index contributed by atoms with van der Waals surface area (Å²) in [4.78, 5) is 11.9. The van der Waals surface area contributed by atoms with Crippen molar-refractivity contribution in [1.29, 1.82) is 0 Å². The van der Waals surface area contributed by atoms with Crippen molar-refractivity contribution in [3.05, 3.63) is 35.4 Å². The van der Waals surface area contributed by atoms with Crippen LogP contribution in [-0.4, -0.2) is 30.1 Å². The number of ether oxygens (including phenoxy) is 2. The fourth-order valence-electron chi connectivity index (χ4n) is 2.65. The van der Waals surface area contributed by atoms with Gasteiger partial charge < -0.3 is 14.6 Å². The molecule has 110 valence electrons. The fraction of sp³-hybridized carbons (Fsp3) is 0.562. The summed E-state index contributed by atoms with van der Waals surface area (Å²) in [6.45, 7) is 1.99. The summed E-state index contributed by atoms with van der Waals surface area (Å²) < 4.78 is 10.5. The van der Waals surface area contributed by atoms with Crippen LogP contribution in [0, 0.1) is 6.92 Å². The summed E-state index contributed by atoms with van der Waals surface area (Å²) in [7, 11) is 1.34. The molecule has 1 atom stereocenters. The molecule has 4 nitrogen and oxygen atoms in total. The van der Waals surface area contributed by atoms with Crippen molar-refractivity contribution in [2.45, 2.75) is 50.9 Å². The first-order valence-corrected chi connectivity index (χ1v) is 7.06. The lowest BCUT2D eigenvalue weighted by molar-refractivity contribution is -0.230. The summed E-state index contributed by atoms with van der Waals surface area (Å²) in [5.74, 6) is -1.62. The van der Waals surface area contributed by atoms with E-state index in [4.69, 9.17) is 9.47 Å². The van der Waals surface area contributed by atoms with Gasteiger partial charge in [0.1, 0.15) is 0 Å². The van der Waals surface area contributed by atoms with Crippen LogP contribution in [0.1, 0.15) is 36.8 Å². The molecule has 2 rings (SSSR count). The van der Waals surface area contributed by atoms with Crippen LogP contribution in [0.5, 0.6) is 0 Å². The van der Waals surface area contributed by atoms with Gasteiger partial charge in [-0.05, 0) is 30.9 Å². The first-order chi connectivity index (χ1) is 9.54. The number of hydrogen-bond donors (Lipinski definition) is 1. The third-order valence-electron chi connectivity index (χ3n) is 3.88. The zero-order valence-corrected chi connectivity index (χ0v) is 12.1. The van der Waals surface area contributed by atoms with E-state index in [-0.39, 0.29) is 0 Å². The summed E-state index contributed by atoms with van der Waals surface area (Å²) in [5.41, 5.74) is 2.13. The Hall–Kier alpha value is -1.39. The standard InChI is InChI=1S/C16H22O4/c1-12-7-3-4-8-13(12)11-14(15(17)19-2)20-16(18)9-5-6-10-16/h3-4,7-8,14,18H,5-6,9-11H2,1-2H3. The van der Waals surface area contributed by atoms with E-state index in [0.717, 1.165) is 24.0 Å². The smallest absolute Gasteiger partial charge is 0.335 e. The summed E-state index contributed by atoms with van der Waals surface area (Å²) >= 11 is 0. The zero-order valence-electron chi connectivity index (χ0n) is 12.1. The third-order valence-corrected chi connectivity index (χ3v) is 3.88. The number of carbonyl (C=O) groups is 1. The molecule has 0 spiro atoms. The van der Waals surface area contributed by atoms with Crippen molar-refractivity contribution in [2.24, 2.45) is 0 Å². The molecule has 1 aromatic rings. The average Bonchev–Trinajstić information content (AvgIpc) is 2.86. The molecule has 0 aliphatic heterocycles. The molecule has 1 N–H and O–H groups in total. The molecule has 4 heteroatoms. The van der Waals surface area contributed by atoms with Crippen LogP contribution in [0.4, 0.5) is 0 Å². The van der Waals surface area contributed by atoms with Gasteiger partial charge in [0.2, 0.25) is 0 Å². The summed E-state index contributed by atoms with van der Waals surface area (Å²) in [5, 5.41) is 10.3. The van der Waals surface area contributed by atoms with E-state index < -0.39 is 17.9 Å². The van der Waals surface area contributed by atoms with Gasteiger partial charge in [-0.15, -0.1) is 0 Å². The Morgan fingerprint density at radius 3 is 2.60 bits per heavy atom. The van der Waals surface area contributed by atoms with Crippen LogP contribution >= 0.6 is 0 Å². The summed E-state index contributed by atoms with van der Waals surface area (Å²) in [6.07, 6.45) is 2.66. The molecule has 0 aromatic heterocycles. The molecule has 1 aromatic carbocycles. The molecule has 20 heavy (non-hydrogen) atoms. The maximum Gasteiger partial charge on any atom is 0.335 e. The number of benzene rings is 1. The van der Waals surface area contributed by atoms with E-state index in [1.54, 1.807) is 0 Å². The molecule has 0 bridgehead atoms. The minimum atomic E-state index is -1.18. The number of hydrogen-bond acceptors (Lipinski definition) is 4. The molecule has 0 heterocycles. The molecule has 1 aliphatic carbocycles. The normalized spacial score (nSPS) is 18.8. The highest BCUT2D eigenvalue weighted by Gasteiger charge is 2.37. The van der Waals surface area contributed by atoms with Gasteiger partial charge in [-0.1, -0.05) is 24.3 Å². The van der Waals surface area contributed by atoms with Crippen LogP contribution < -0.4 is 0 Å². The van der Waals surface area contributed by atoms with Crippen molar-refractivity contribution in [1.82, 2.24) is 0 Å². The Labute approximate surface area is 119 Å². The third kappa shape index (κ3) is 3.58. The number of methoxy groups -OCH3 is 1. The number of aliphatic hydroxyl groups is 1. The molecule has 1 aliphatic rings. The molecular formula is C16H22O4. The lowest BCUT2D eigenvalue weighted by atomic mass is 10.0. The van der Waals surface area contributed by atoms with Crippen molar-refractivity contribution in [3.8, 4) is 0 Å². The number of aryl methyl sites for hydroxylation is 1. The fourth-order valence-corrected chi connectivity index (χ4v) is 2.65. The number of rotatable bonds is 5. The van der Waals surface area contributed by atoms with Crippen LogP contribution in [0.3, 0.4) is 0 Å². The predicted molar refractivity (Wildman–Crippen MR) is 75.2 cm³/mol. The van der Waals surface area contributed by atoms with Gasteiger partial charge in [-0.2, -0.15) is 0 Å². The maximum absolute atomic E-state index is 11.9. The second-order valence-electron chi connectivity index (χ2n) is 5.41. The lowest BCUT2D eigenvalue weighted by Crippen LogP contribution is -2.39. The monoisotopic (exact) mass is 278 g/mol. The Balaban J connectivity index is 2.12. The van der Waals surface area contributed by atoms with Gasteiger partial charge in [0.25, 0.3) is 0 Å². The van der Waals surface area contributed by atoms with E-state index in [1.807, 2.05) is 31.2 Å². The minimum Gasteiger partial charge on any atom is -0.467 e. The Bertz CT molecular complexity index is 463. The maximum atomic E-state index is 11.9. The Morgan fingerprint density at radius 2 is 2.00 bits per heavy atom. The first-order valence-electron chi connectivity index (χ1n) is 7.06. The molecule has 1 fully saturated rings. The molecular weight excluding hydrogens is 256 g/mol. The predicted octanol–water partition coefficient (Wildman–Crippen LogP) is 2.36. The van der Waals surface area contributed by atoms with Gasteiger partial charge in [0.05, 0.1) is 7.11 Å². The Morgan fingerprint density at radius 1 is 1.35 bits per heavy atom. The number of esters is 1. The summed E-state index contributed by atoms with van der Waals surface area (Å²) in [6, 6.07) is 7.85. The van der Waals surface area contributed by atoms with Crippen molar-refractivity contribution < 1.29 is 19.4 Å². The quantitative estimate of drug-likeness (QED) is 0.663. The van der Waals surface area contributed by atoms with E-state index in [9.17, 15) is 9.90 Å². The second-order valence-corrected chi connectivity index (χ2v) is 5.41. The van der Waals surface area contributed by atoms with Crippen LogP contribution in [-0.2, 0) is 20.7 Å². The first kappa shape index (κ1) is 15.0. The van der Waals surface area contributed by atoms with Crippen LogP contribution in [0.15, 0.2) is 24.3 Å². The van der Waals surface area contributed by atoms with E-state index in [2.05, 4.69) is 0 Å². The van der Waals surface area contributed by atoms with Gasteiger partial charge >= 0.3 is 5.97 Å². The van der Waals surface area contributed by atoms with Crippen molar-refractivity contribution >= 4 is 5.97 Å². The van der Waals surface area contributed by atoms with Crippen LogP contribution in [0.25, 0.3) is 0 Å². The van der Waals surface area contributed by atoms with Gasteiger partial charge in [-0.3, -0.25) is 0 Å². The van der Waals surface area contributed by atoms with Crippen LogP contribution in [0.2, 0.25) is 0 Å². The van der Waals surface area contributed by atoms with Gasteiger partial charge in [0.15, 0.2) is 11.9 Å². The topological polar surface area (TPSA) is 55.8 Å². The average molecular weight is 278 g/mol. The largest absolute Gasteiger partial charge is 0.467 e. The van der Waals surface area contributed by atoms with Gasteiger partial charge in [0, 0.05) is 19.3 Å². The molecule has 0 amide bonds. The van der Waals surface area contributed by atoms with E-state index in [1.165, 1.54) is 7.11 Å². The molecule has 0 saturated heterocycles. The van der Waals surface area contributed by atoms with E-state index in [0.29, 0.717) is 19.3 Å². The van der Waals surface area contributed by atoms with Crippen molar-refractivity contribution in [2.75, 3.05) is 7.11 Å². The lowest BCUT2D eigenvalue weighted by Gasteiger charge is -2.28. The SMILES string of the molecule is COC(=O)C(Cc1ccccc1C)OC1(O)CCCC1. The minimum absolute atomic E-state index is 0.418. The zero-order chi connectivity index (χ0) is 14.6. The highest BCUT2D eigenvalue weighted by atomic mass is 16.6. The highest BCUT2D eigenvalue weighted by Crippen LogP contribution is 2.32. The van der Waals surface area contributed by atoms with Gasteiger partial charge in [-0.25, -0.2) is 4.79 Å². The molecule has 0 radical (unpaired) electrons. The highest BCUT2D eigenvalue weighted by molar-refractivity contribution is 5.75. The Kier molecular flexibility index (Phi) is 4.78. The molecule has 1 unspecified atom stereocenters. The van der Waals surface area contributed by atoms with E-state index >= 15 is 0 Å². The second kappa shape index (κ2) is 6.37.